The molecule has 0 N–H and O–H groups in total. The Morgan fingerprint density at radius 3 is 1.83 bits per heavy atom. The van der Waals surface area contributed by atoms with Crippen LogP contribution in [0.3, 0.4) is 0 Å². The Morgan fingerprint density at radius 2 is 1.50 bits per heavy atom. The van der Waals surface area contributed by atoms with Crippen LogP contribution >= 0.6 is 12.4 Å². The van der Waals surface area contributed by atoms with E-state index < -0.39 is 0 Å². The predicted molar refractivity (Wildman–Crippen MR) is 71.2 cm³/mol. The second kappa shape index (κ2) is 13.1. The van der Waals surface area contributed by atoms with Crippen molar-refractivity contribution >= 4 is 23.8 Å². The van der Waals surface area contributed by atoms with Gasteiger partial charge in [-0.3, -0.25) is 0 Å². The molecule has 0 heterocycles. The topological polar surface area (TPSA) is 31.4 Å². The van der Waals surface area contributed by atoms with Gasteiger partial charge in [0.2, 0.25) is 5.39 Å². The molecular weight excluding hydrogens is 322 g/mol. The fraction of sp³-hybridized carbons (Fsp3) is 0.500. The van der Waals surface area contributed by atoms with E-state index >= 15 is 0 Å². The van der Waals surface area contributed by atoms with E-state index in [4.69, 9.17) is 5.39 Å². The Bertz CT molecular complexity index is 332. The van der Waals surface area contributed by atoms with Crippen LogP contribution in [-0.2, 0) is 19.5 Å². The smallest absolute Gasteiger partial charge is 0.385 e. The van der Waals surface area contributed by atoms with Crippen molar-refractivity contribution in [3.8, 4) is 0 Å². The summed E-state index contributed by atoms with van der Waals surface area (Å²) >= 11 is 0. The number of anilines is 1. The summed E-state index contributed by atoms with van der Waals surface area (Å²) in [7, 11) is 0. The molecule has 0 amide bonds. The molecule has 1 aromatic carbocycles. The van der Waals surface area contributed by atoms with Crippen LogP contribution in [0.4, 0.5) is 11.4 Å². The molecule has 0 aromatic heterocycles. The third-order valence-corrected chi connectivity index (χ3v) is 2.32. The zero-order valence-corrected chi connectivity index (χ0v) is 15.5. The van der Waals surface area contributed by atoms with Gasteiger partial charge in [0.05, 0.1) is 0 Å². The molecule has 6 heteroatoms. The van der Waals surface area contributed by atoms with Crippen molar-refractivity contribution in [1.29, 1.82) is 5.39 Å². The van der Waals surface area contributed by atoms with Gasteiger partial charge in [-0.25, -0.2) is 0 Å². The minimum Gasteiger partial charge on any atom is -1.00 e. The maximum Gasteiger partial charge on any atom is 0.385 e. The van der Waals surface area contributed by atoms with E-state index in [2.05, 4.69) is 23.7 Å². The van der Waals surface area contributed by atoms with Crippen molar-refractivity contribution < 1.29 is 31.9 Å². The van der Waals surface area contributed by atoms with Crippen LogP contribution in [0.2, 0.25) is 0 Å². The average Bonchev–Trinajstić information content (AvgIpc) is 2.29. The normalized spacial score (nSPS) is 8.06. The second-order valence-corrected chi connectivity index (χ2v) is 3.60. The van der Waals surface area contributed by atoms with Crippen molar-refractivity contribution in [1.82, 2.24) is 0 Å². The van der Waals surface area contributed by atoms with Crippen LogP contribution in [0.1, 0.15) is 26.7 Å². The number of benzene rings is 1. The van der Waals surface area contributed by atoms with Crippen LogP contribution in [0.15, 0.2) is 24.3 Å². The Labute approximate surface area is 135 Å². The van der Waals surface area contributed by atoms with E-state index in [0.29, 0.717) is 5.69 Å². The maximum atomic E-state index is 8.59. The molecule has 0 bridgehead atoms. The number of hydrogen-bond acceptors (Lipinski definition) is 2. The van der Waals surface area contributed by atoms with E-state index in [1.54, 1.807) is 0 Å². The van der Waals surface area contributed by atoms with Gasteiger partial charge < -0.3 is 17.3 Å². The van der Waals surface area contributed by atoms with Gasteiger partial charge in [0, 0.05) is 50.4 Å². The minimum atomic E-state index is 0. The summed E-state index contributed by atoms with van der Waals surface area (Å²) in [6.45, 7) is 6.51. The van der Waals surface area contributed by atoms with Crippen LogP contribution in [0.5, 0.6) is 0 Å². The fourth-order valence-corrected chi connectivity index (χ4v) is 1.64. The molecule has 0 fully saturated rings. The Kier molecular flexibility index (Phi) is 16.6. The van der Waals surface area contributed by atoms with Gasteiger partial charge in [-0.15, -0.1) is 12.4 Å². The summed E-state index contributed by atoms with van der Waals surface area (Å²) in [6.07, 6.45) is 2.29. The molecule has 18 heavy (non-hydrogen) atoms. The molecule has 3 nitrogen and oxygen atoms in total. The summed E-state index contributed by atoms with van der Waals surface area (Å²) in [4.78, 5) is 5.49. The van der Waals surface area contributed by atoms with E-state index in [-0.39, 0.29) is 44.3 Å². The molecule has 0 spiro atoms. The van der Waals surface area contributed by atoms with Crippen LogP contribution in [0.25, 0.3) is 4.98 Å². The van der Waals surface area contributed by atoms with Gasteiger partial charge in [0.25, 0.3) is 0 Å². The van der Waals surface area contributed by atoms with E-state index in [1.807, 2.05) is 24.3 Å². The summed E-state index contributed by atoms with van der Waals surface area (Å²) in [5.74, 6) is 0. The summed E-state index contributed by atoms with van der Waals surface area (Å²) in [6, 6.07) is 7.65. The molecule has 1 rings (SSSR count). The largest absolute Gasteiger partial charge is 1.00 e. The number of diazo groups is 1. The van der Waals surface area contributed by atoms with E-state index in [0.717, 1.165) is 25.9 Å². The molecular formula is C12H19Cl2N3Zn. The van der Waals surface area contributed by atoms with Gasteiger partial charge >= 0.3 is 5.69 Å². The zero-order valence-electron chi connectivity index (χ0n) is 11.0. The minimum absolute atomic E-state index is 0. The fourth-order valence-electron chi connectivity index (χ4n) is 1.64. The van der Waals surface area contributed by atoms with Gasteiger partial charge in [-0.1, -0.05) is 13.8 Å². The van der Waals surface area contributed by atoms with Gasteiger partial charge in [0.15, 0.2) is 4.98 Å². The standard InChI is InChI=1S/C12H18N3.2ClH.Zn/c1-3-9-15(10-4-2)12-7-5-11(14-13)6-8-12;;;/h5-8H,3-4,9-10H2,1-2H3;2*1H;/q+1;;;/p-1. The Hall–Kier alpha value is -0.357. The molecule has 0 radical (unpaired) electrons. The summed E-state index contributed by atoms with van der Waals surface area (Å²) in [5.41, 5.74) is 1.80. The molecule has 1 aromatic rings. The number of rotatable bonds is 5. The maximum absolute atomic E-state index is 8.59. The monoisotopic (exact) mass is 339 g/mol. The number of halogens is 2. The first-order chi connectivity index (χ1) is 7.31. The molecule has 0 aliphatic carbocycles. The number of nitrogens with zero attached hydrogens (tertiary/aromatic N) is 3. The number of hydrogen-bond donors (Lipinski definition) is 0. The average molecular weight is 342 g/mol. The van der Waals surface area contributed by atoms with Crippen molar-refractivity contribution in [2.24, 2.45) is 0 Å². The second-order valence-electron chi connectivity index (χ2n) is 3.60. The van der Waals surface area contributed by atoms with Crippen molar-refractivity contribution in [2.45, 2.75) is 26.7 Å². The Balaban J connectivity index is -0.000000750. The van der Waals surface area contributed by atoms with Crippen LogP contribution < -0.4 is 17.3 Å². The SMILES string of the molecule is CCCN(CCC)c1ccc([N+]#N)cc1.Cl.[Cl-].[Zn]. The predicted octanol–water partition coefficient (Wildman–Crippen LogP) is 1.22. The van der Waals surface area contributed by atoms with E-state index in [1.165, 1.54) is 5.69 Å². The molecule has 98 valence electrons. The zero-order chi connectivity index (χ0) is 11.1. The van der Waals surface area contributed by atoms with Crippen LogP contribution in [-0.4, -0.2) is 13.1 Å². The van der Waals surface area contributed by atoms with Crippen molar-refractivity contribution in [3.63, 3.8) is 0 Å². The first-order valence-corrected chi connectivity index (χ1v) is 5.52. The molecule has 0 aliphatic rings. The third kappa shape index (κ3) is 7.16. The molecule has 0 atom stereocenters. The summed E-state index contributed by atoms with van der Waals surface area (Å²) in [5, 5.41) is 8.59. The Morgan fingerprint density at radius 1 is 1.06 bits per heavy atom. The molecule has 0 aliphatic heterocycles. The molecule has 0 saturated carbocycles. The van der Waals surface area contributed by atoms with E-state index in [9.17, 15) is 0 Å². The first-order valence-electron chi connectivity index (χ1n) is 5.52. The first kappa shape index (κ1) is 22.8. The van der Waals surface area contributed by atoms with Crippen LogP contribution in [0, 0.1) is 5.39 Å². The summed E-state index contributed by atoms with van der Waals surface area (Å²) < 4.78 is 0. The quantitative estimate of drug-likeness (QED) is 0.596. The van der Waals surface area contributed by atoms with Gasteiger partial charge in [0.1, 0.15) is 0 Å². The van der Waals surface area contributed by atoms with Crippen molar-refractivity contribution in [3.05, 3.63) is 29.2 Å². The van der Waals surface area contributed by atoms with Gasteiger partial charge in [-0.05, 0) is 25.0 Å². The van der Waals surface area contributed by atoms with Crippen molar-refractivity contribution in [2.75, 3.05) is 18.0 Å². The third-order valence-electron chi connectivity index (χ3n) is 2.32. The molecule has 0 unspecified atom stereocenters. The van der Waals surface area contributed by atoms with Gasteiger partial charge in [-0.2, -0.15) is 0 Å². The molecule has 0 saturated heterocycles.